The van der Waals surface area contributed by atoms with Crippen molar-refractivity contribution >= 4 is 33.3 Å². The third-order valence-electron chi connectivity index (χ3n) is 3.90. The number of hydrogen-bond acceptors (Lipinski definition) is 5. The highest BCUT2D eigenvalue weighted by atomic mass is 32.2. The van der Waals surface area contributed by atoms with E-state index in [1.807, 2.05) is 0 Å². The predicted octanol–water partition coefficient (Wildman–Crippen LogP) is 2.40. The van der Waals surface area contributed by atoms with Crippen LogP contribution in [-0.4, -0.2) is 32.6 Å². The zero-order chi connectivity index (χ0) is 18.7. The average Bonchev–Trinajstić information content (AvgIpc) is 2.95. The Morgan fingerprint density at radius 2 is 1.77 bits per heavy atom. The summed E-state index contributed by atoms with van der Waals surface area (Å²) in [5, 5.41) is 2.71. The second kappa shape index (κ2) is 7.17. The van der Waals surface area contributed by atoms with Gasteiger partial charge in [0.1, 0.15) is 5.75 Å². The van der Waals surface area contributed by atoms with Crippen molar-refractivity contribution in [1.82, 2.24) is 0 Å². The van der Waals surface area contributed by atoms with Crippen LogP contribution in [-0.2, 0) is 14.8 Å². The number of sulfonamides is 1. The van der Waals surface area contributed by atoms with Crippen LogP contribution in [0.15, 0.2) is 48.5 Å². The molecule has 0 atom stereocenters. The molecule has 1 fully saturated rings. The highest BCUT2D eigenvalue weighted by Crippen LogP contribution is 2.26. The van der Waals surface area contributed by atoms with Crippen molar-refractivity contribution in [2.75, 3.05) is 21.9 Å². The number of esters is 1. The van der Waals surface area contributed by atoms with E-state index in [4.69, 9.17) is 4.74 Å². The van der Waals surface area contributed by atoms with E-state index in [1.54, 1.807) is 42.5 Å². The van der Waals surface area contributed by atoms with Gasteiger partial charge < -0.3 is 10.1 Å². The summed E-state index contributed by atoms with van der Waals surface area (Å²) in [6, 6.07) is 13.0. The zero-order valence-corrected chi connectivity index (χ0v) is 15.0. The fourth-order valence-corrected chi connectivity index (χ4v) is 4.30. The first kappa shape index (κ1) is 17.9. The van der Waals surface area contributed by atoms with Gasteiger partial charge in [0, 0.05) is 19.2 Å². The van der Waals surface area contributed by atoms with E-state index in [0.29, 0.717) is 24.3 Å². The Bertz CT molecular complexity index is 938. The minimum atomic E-state index is -3.24. The first-order valence-corrected chi connectivity index (χ1v) is 9.67. The van der Waals surface area contributed by atoms with Gasteiger partial charge in [-0.1, -0.05) is 12.1 Å². The summed E-state index contributed by atoms with van der Waals surface area (Å²) in [5.41, 5.74) is 1.31. The Morgan fingerprint density at radius 3 is 2.38 bits per heavy atom. The van der Waals surface area contributed by atoms with Crippen molar-refractivity contribution in [1.29, 1.82) is 0 Å². The first-order chi connectivity index (χ1) is 12.4. The predicted molar refractivity (Wildman–Crippen MR) is 97.9 cm³/mol. The molecule has 1 heterocycles. The van der Waals surface area contributed by atoms with Crippen molar-refractivity contribution in [3.8, 4) is 5.75 Å². The summed E-state index contributed by atoms with van der Waals surface area (Å²) < 4.78 is 30.3. The molecule has 1 N–H and O–H groups in total. The molecule has 2 aromatic carbocycles. The minimum Gasteiger partial charge on any atom is -0.426 e. The number of carbonyl (C=O) groups is 2. The van der Waals surface area contributed by atoms with Crippen LogP contribution in [0.4, 0.5) is 11.4 Å². The quantitative estimate of drug-likeness (QED) is 0.655. The van der Waals surface area contributed by atoms with Crippen LogP contribution in [0.1, 0.15) is 23.7 Å². The number of ether oxygens (including phenoxy) is 1. The number of nitrogens with zero attached hydrogens (tertiary/aromatic N) is 1. The maximum absolute atomic E-state index is 12.5. The minimum absolute atomic E-state index is 0.151. The number of para-hydroxylation sites is 1. The SMILES string of the molecule is CC(=O)Oc1ccccc1C(=O)Nc1ccc(N2CCCS2(=O)=O)cc1. The van der Waals surface area contributed by atoms with Crippen molar-refractivity contribution in [2.24, 2.45) is 0 Å². The molecule has 1 saturated heterocycles. The molecule has 0 radical (unpaired) electrons. The van der Waals surface area contributed by atoms with Gasteiger partial charge >= 0.3 is 5.97 Å². The maximum Gasteiger partial charge on any atom is 0.308 e. The molecule has 136 valence electrons. The molecule has 1 aliphatic rings. The number of anilines is 2. The zero-order valence-electron chi connectivity index (χ0n) is 14.1. The lowest BCUT2D eigenvalue weighted by molar-refractivity contribution is -0.131. The topological polar surface area (TPSA) is 92.8 Å². The number of nitrogens with one attached hydrogen (secondary N) is 1. The van der Waals surface area contributed by atoms with Gasteiger partial charge in [0.15, 0.2) is 0 Å². The summed E-state index contributed by atoms with van der Waals surface area (Å²) in [4.78, 5) is 23.6. The lowest BCUT2D eigenvalue weighted by atomic mass is 10.2. The normalized spacial score (nSPS) is 15.5. The first-order valence-electron chi connectivity index (χ1n) is 8.06. The van der Waals surface area contributed by atoms with Crippen LogP contribution < -0.4 is 14.4 Å². The second-order valence-corrected chi connectivity index (χ2v) is 7.85. The number of benzene rings is 2. The van der Waals surface area contributed by atoms with Crippen molar-refractivity contribution in [2.45, 2.75) is 13.3 Å². The van der Waals surface area contributed by atoms with E-state index in [1.165, 1.54) is 17.3 Å². The van der Waals surface area contributed by atoms with E-state index in [2.05, 4.69) is 5.32 Å². The molecule has 26 heavy (non-hydrogen) atoms. The van der Waals surface area contributed by atoms with Gasteiger partial charge in [-0.3, -0.25) is 13.9 Å². The summed E-state index contributed by atoms with van der Waals surface area (Å²) >= 11 is 0. The van der Waals surface area contributed by atoms with E-state index < -0.39 is 21.9 Å². The third kappa shape index (κ3) is 3.85. The second-order valence-electron chi connectivity index (χ2n) is 5.83. The van der Waals surface area contributed by atoms with E-state index in [0.717, 1.165) is 0 Å². The molecule has 0 aromatic heterocycles. The molecule has 0 spiro atoms. The molecule has 1 amide bonds. The van der Waals surface area contributed by atoms with Crippen LogP contribution >= 0.6 is 0 Å². The van der Waals surface area contributed by atoms with Crippen LogP contribution in [0.5, 0.6) is 5.75 Å². The van der Waals surface area contributed by atoms with E-state index in [-0.39, 0.29) is 17.1 Å². The molecule has 7 nitrogen and oxygen atoms in total. The maximum atomic E-state index is 12.5. The summed E-state index contributed by atoms with van der Waals surface area (Å²) in [5.74, 6) is -0.611. The summed E-state index contributed by atoms with van der Waals surface area (Å²) in [7, 11) is -3.24. The van der Waals surface area contributed by atoms with Gasteiger partial charge in [-0.2, -0.15) is 0 Å². The van der Waals surface area contributed by atoms with Crippen LogP contribution in [0.2, 0.25) is 0 Å². The molecule has 0 aliphatic carbocycles. The van der Waals surface area contributed by atoms with E-state index >= 15 is 0 Å². The lowest BCUT2D eigenvalue weighted by Gasteiger charge is -2.17. The van der Waals surface area contributed by atoms with Crippen molar-refractivity contribution < 1.29 is 22.7 Å². The number of carbonyl (C=O) groups excluding carboxylic acids is 2. The number of hydrogen-bond donors (Lipinski definition) is 1. The molecule has 0 unspecified atom stereocenters. The monoisotopic (exact) mass is 374 g/mol. The third-order valence-corrected chi connectivity index (χ3v) is 5.77. The largest absolute Gasteiger partial charge is 0.426 e. The average molecular weight is 374 g/mol. The van der Waals surface area contributed by atoms with Crippen LogP contribution in [0, 0.1) is 0 Å². The Labute approximate surface area is 151 Å². The van der Waals surface area contributed by atoms with Gasteiger partial charge in [0.05, 0.1) is 17.0 Å². The lowest BCUT2D eigenvalue weighted by Crippen LogP contribution is -2.25. The van der Waals surface area contributed by atoms with E-state index in [9.17, 15) is 18.0 Å². The van der Waals surface area contributed by atoms with Crippen LogP contribution in [0.25, 0.3) is 0 Å². The molecule has 8 heteroatoms. The fourth-order valence-electron chi connectivity index (χ4n) is 2.74. The molecular weight excluding hydrogens is 356 g/mol. The molecular formula is C18H18N2O5S. The molecule has 1 aliphatic heterocycles. The Kier molecular flexibility index (Phi) is 4.94. The van der Waals surface area contributed by atoms with Gasteiger partial charge in [-0.15, -0.1) is 0 Å². The fraction of sp³-hybridized carbons (Fsp3) is 0.222. The van der Waals surface area contributed by atoms with Crippen LogP contribution in [0.3, 0.4) is 0 Å². The van der Waals surface area contributed by atoms with Crippen molar-refractivity contribution in [3.63, 3.8) is 0 Å². The number of rotatable bonds is 4. The van der Waals surface area contributed by atoms with Gasteiger partial charge in [-0.05, 0) is 42.8 Å². The molecule has 3 rings (SSSR count). The Balaban J connectivity index is 1.76. The summed E-state index contributed by atoms with van der Waals surface area (Å²) in [6.07, 6.45) is 0.605. The van der Waals surface area contributed by atoms with Gasteiger partial charge in [-0.25, -0.2) is 8.42 Å². The smallest absolute Gasteiger partial charge is 0.308 e. The molecule has 0 bridgehead atoms. The summed E-state index contributed by atoms with van der Waals surface area (Å²) in [6.45, 7) is 1.73. The molecule has 2 aromatic rings. The highest BCUT2D eigenvalue weighted by Gasteiger charge is 2.28. The highest BCUT2D eigenvalue weighted by molar-refractivity contribution is 7.93. The standard InChI is InChI=1S/C18H18N2O5S/c1-13(21)25-17-6-3-2-5-16(17)18(22)19-14-7-9-15(10-8-14)20-11-4-12-26(20,23)24/h2-3,5-10H,4,11-12H2,1H3,(H,19,22). The number of amides is 1. The Morgan fingerprint density at radius 1 is 1.08 bits per heavy atom. The Hall–Kier alpha value is -2.87. The molecule has 0 saturated carbocycles. The van der Waals surface area contributed by atoms with Gasteiger partial charge in [0.2, 0.25) is 10.0 Å². The van der Waals surface area contributed by atoms with Crippen molar-refractivity contribution in [3.05, 3.63) is 54.1 Å². The van der Waals surface area contributed by atoms with Gasteiger partial charge in [0.25, 0.3) is 5.91 Å².